The van der Waals surface area contributed by atoms with Crippen LogP contribution in [-0.4, -0.2) is 12.5 Å². The molecule has 0 saturated heterocycles. The van der Waals surface area contributed by atoms with Crippen LogP contribution in [0, 0.1) is 11.2 Å². The molecule has 1 aliphatic carbocycles. The number of benzene rings is 1. The first kappa shape index (κ1) is 10.9. The predicted octanol–water partition coefficient (Wildman–Crippen LogP) is 1.94. The molecule has 1 aliphatic rings. The first-order valence-electron chi connectivity index (χ1n) is 5.33. The normalized spacial score (nSPS) is 16.9. The molecule has 1 amide bonds. The van der Waals surface area contributed by atoms with Gasteiger partial charge in [-0.25, -0.2) is 4.39 Å². The van der Waals surface area contributed by atoms with Crippen LogP contribution in [0.3, 0.4) is 0 Å². The van der Waals surface area contributed by atoms with Gasteiger partial charge in [0.05, 0.1) is 5.56 Å². The van der Waals surface area contributed by atoms with Gasteiger partial charge in [0.25, 0.3) is 5.91 Å². The molecule has 0 atom stereocenters. The van der Waals surface area contributed by atoms with Crippen molar-refractivity contribution in [1.29, 1.82) is 0 Å². The van der Waals surface area contributed by atoms with Crippen molar-refractivity contribution >= 4 is 11.6 Å². The molecule has 86 valence electrons. The molecule has 0 radical (unpaired) electrons. The Morgan fingerprint density at radius 3 is 2.88 bits per heavy atom. The van der Waals surface area contributed by atoms with Crippen LogP contribution in [0.4, 0.5) is 10.1 Å². The van der Waals surface area contributed by atoms with E-state index in [2.05, 4.69) is 12.2 Å². The Bertz CT molecular complexity index is 427. The molecule has 16 heavy (non-hydrogen) atoms. The molecular formula is C12H15FN2O. The third kappa shape index (κ3) is 2.32. The Balaban J connectivity index is 2.05. The summed E-state index contributed by atoms with van der Waals surface area (Å²) in [6.45, 7) is 2.74. The van der Waals surface area contributed by atoms with Crippen molar-refractivity contribution in [2.75, 3.05) is 12.3 Å². The predicted molar refractivity (Wildman–Crippen MR) is 60.5 cm³/mol. The van der Waals surface area contributed by atoms with Crippen LogP contribution in [0.2, 0.25) is 0 Å². The van der Waals surface area contributed by atoms with Gasteiger partial charge in [-0.15, -0.1) is 0 Å². The number of anilines is 1. The van der Waals surface area contributed by atoms with E-state index in [9.17, 15) is 9.18 Å². The van der Waals surface area contributed by atoms with E-state index in [0.717, 1.165) is 12.8 Å². The van der Waals surface area contributed by atoms with Crippen molar-refractivity contribution in [3.05, 3.63) is 29.6 Å². The van der Waals surface area contributed by atoms with E-state index in [4.69, 9.17) is 5.73 Å². The van der Waals surface area contributed by atoms with E-state index in [-0.39, 0.29) is 16.9 Å². The molecule has 3 N–H and O–H groups in total. The summed E-state index contributed by atoms with van der Waals surface area (Å²) in [6, 6.07) is 3.82. The Kier molecular flexibility index (Phi) is 2.58. The average molecular weight is 222 g/mol. The maximum absolute atomic E-state index is 13.0. The zero-order valence-electron chi connectivity index (χ0n) is 9.22. The number of rotatable bonds is 3. The number of hydrogen-bond donors (Lipinski definition) is 2. The molecule has 0 unspecified atom stereocenters. The van der Waals surface area contributed by atoms with Crippen LogP contribution in [0.5, 0.6) is 0 Å². The Morgan fingerprint density at radius 1 is 1.56 bits per heavy atom. The Hall–Kier alpha value is -1.58. The maximum atomic E-state index is 13.0. The summed E-state index contributed by atoms with van der Waals surface area (Å²) in [4.78, 5) is 11.7. The fourth-order valence-electron chi connectivity index (χ4n) is 1.50. The highest BCUT2D eigenvalue weighted by atomic mass is 19.1. The van der Waals surface area contributed by atoms with Gasteiger partial charge in [0.1, 0.15) is 5.82 Å². The number of halogens is 1. The van der Waals surface area contributed by atoms with Gasteiger partial charge in [-0.05, 0) is 36.5 Å². The van der Waals surface area contributed by atoms with E-state index in [1.165, 1.54) is 18.2 Å². The Labute approximate surface area is 93.8 Å². The van der Waals surface area contributed by atoms with E-state index >= 15 is 0 Å². The highest BCUT2D eigenvalue weighted by Gasteiger charge is 2.37. The summed E-state index contributed by atoms with van der Waals surface area (Å²) in [5.74, 6) is -0.748. The molecule has 0 spiro atoms. The second-order valence-electron chi connectivity index (χ2n) is 4.72. The second kappa shape index (κ2) is 3.77. The van der Waals surface area contributed by atoms with Crippen molar-refractivity contribution in [1.82, 2.24) is 5.32 Å². The van der Waals surface area contributed by atoms with E-state index in [1.54, 1.807) is 0 Å². The standard InChI is InChI=1S/C12H15FN2O/c1-12(4-5-12)7-15-11(16)9-6-8(13)2-3-10(9)14/h2-3,6H,4-5,7,14H2,1H3,(H,15,16). The third-order valence-corrected chi connectivity index (χ3v) is 3.04. The molecule has 1 saturated carbocycles. The highest BCUT2D eigenvalue weighted by Crippen LogP contribution is 2.44. The second-order valence-corrected chi connectivity index (χ2v) is 4.72. The van der Waals surface area contributed by atoms with Gasteiger partial charge in [0.2, 0.25) is 0 Å². The maximum Gasteiger partial charge on any atom is 0.253 e. The number of nitrogens with one attached hydrogen (secondary N) is 1. The molecule has 3 nitrogen and oxygen atoms in total. The summed E-state index contributed by atoms with van der Waals surface area (Å²) in [5.41, 5.74) is 6.37. The number of nitrogen functional groups attached to an aromatic ring is 1. The monoisotopic (exact) mass is 222 g/mol. The molecule has 2 rings (SSSR count). The first-order valence-corrected chi connectivity index (χ1v) is 5.33. The first-order chi connectivity index (χ1) is 7.50. The van der Waals surface area contributed by atoms with Crippen molar-refractivity contribution < 1.29 is 9.18 Å². The number of nitrogens with two attached hydrogens (primary N) is 1. The van der Waals surface area contributed by atoms with Crippen LogP contribution in [-0.2, 0) is 0 Å². The minimum atomic E-state index is -0.447. The summed E-state index contributed by atoms with van der Waals surface area (Å²) >= 11 is 0. The van der Waals surface area contributed by atoms with Crippen LogP contribution in [0.25, 0.3) is 0 Å². The molecule has 1 fully saturated rings. The van der Waals surface area contributed by atoms with Crippen molar-refractivity contribution in [3.8, 4) is 0 Å². The van der Waals surface area contributed by atoms with Gasteiger partial charge in [0, 0.05) is 12.2 Å². The topological polar surface area (TPSA) is 55.1 Å². The smallest absolute Gasteiger partial charge is 0.253 e. The summed E-state index contributed by atoms with van der Waals surface area (Å²) in [6.07, 6.45) is 2.26. The average Bonchev–Trinajstić information content (AvgIpc) is 2.97. The fraction of sp³-hybridized carbons (Fsp3) is 0.417. The van der Waals surface area contributed by atoms with E-state index < -0.39 is 5.82 Å². The molecule has 0 heterocycles. The minimum absolute atomic E-state index is 0.212. The van der Waals surface area contributed by atoms with Crippen LogP contribution in [0.15, 0.2) is 18.2 Å². The minimum Gasteiger partial charge on any atom is -0.398 e. The van der Waals surface area contributed by atoms with Gasteiger partial charge in [-0.1, -0.05) is 6.92 Å². The summed E-state index contributed by atoms with van der Waals surface area (Å²) < 4.78 is 13.0. The van der Waals surface area contributed by atoms with Crippen molar-refractivity contribution in [2.24, 2.45) is 5.41 Å². The zero-order valence-corrected chi connectivity index (χ0v) is 9.22. The largest absolute Gasteiger partial charge is 0.398 e. The van der Waals surface area contributed by atoms with Crippen molar-refractivity contribution in [2.45, 2.75) is 19.8 Å². The number of amides is 1. The van der Waals surface area contributed by atoms with Crippen LogP contribution in [0.1, 0.15) is 30.1 Å². The molecule has 1 aromatic carbocycles. The lowest BCUT2D eigenvalue weighted by Gasteiger charge is -2.11. The quantitative estimate of drug-likeness (QED) is 0.768. The van der Waals surface area contributed by atoms with E-state index in [0.29, 0.717) is 12.2 Å². The Morgan fingerprint density at radius 2 is 2.25 bits per heavy atom. The molecular weight excluding hydrogens is 207 g/mol. The van der Waals surface area contributed by atoms with E-state index in [1.807, 2.05) is 0 Å². The SMILES string of the molecule is CC1(CNC(=O)c2cc(F)ccc2N)CC1. The van der Waals surface area contributed by atoms with Crippen LogP contribution < -0.4 is 11.1 Å². The summed E-state index contributed by atoms with van der Waals surface area (Å²) in [7, 11) is 0. The van der Waals surface area contributed by atoms with Gasteiger partial charge in [-0.2, -0.15) is 0 Å². The molecule has 1 aromatic rings. The molecule has 0 bridgehead atoms. The van der Waals surface area contributed by atoms with Gasteiger partial charge >= 0.3 is 0 Å². The summed E-state index contributed by atoms with van der Waals surface area (Å²) in [5, 5.41) is 2.78. The molecule has 0 aliphatic heterocycles. The fourth-order valence-corrected chi connectivity index (χ4v) is 1.50. The molecule has 4 heteroatoms. The third-order valence-electron chi connectivity index (χ3n) is 3.04. The lowest BCUT2D eigenvalue weighted by molar-refractivity contribution is 0.0946. The van der Waals surface area contributed by atoms with Gasteiger partial charge in [-0.3, -0.25) is 4.79 Å². The lowest BCUT2D eigenvalue weighted by Crippen LogP contribution is -2.29. The number of hydrogen-bond acceptors (Lipinski definition) is 2. The zero-order chi connectivity index (χ0) is 11.8. The number of carbonyl (C=O) groups is 1. The lowest BCUT2D eigenvalue weighted by atomic mass is 10.1. The van der Waals surface area contributed by atoms with Gasteiger partial charge < -0.3 is 11.1 Å². The van der Waals surface area contributed by atoms with Crippen molar-refractivity contribution in [3.63, 3.8) is 0 Å². The van der Waals surface area contributed by atoms with Crippen LogP contribution >= 0.6 is 0 Å². The number of carbonyl (C=O) groups excluding carboxylic acids is 1. The van der Waals surface area contributed by atoms with Gasteiger partial charge in [0.15, 0.2) is 0 Å². The molecule has 0 aromatic heterocycles. The highest BCUT2D eigenvalue weighted by molar-refractivity contribution is 5.99.